The largest absolute Gasteiger partial charge is 0.396 e. The molecule has 1 fully saturated rings. The Morgan fingerprint density at radius 2 is 2.22 bits per heavy atom. The van der Waals surface area contributed by atoms with Gasteiger partial charge in [0.05, 0.1) is 6.20 Å². The second-order valence-corrected chi connectivity index (χ2v) is 4.86. The molecule has 2 N–H and O–H groups in total. The zero-order valence-electron chi connectivity index (χ0n) is 10.5. The van der Waals surface area contributed by atoms with Crippen LogP contribution in [0.3, 0.4) is 0 Å². The highest BCUT2D eigenvalue weighted by Crippen LogP contribution is 2.23. The monoisotopic (exact) mass is 252 g/mol. The summed E-state index contributed by atoms with van der Waals surface area (Å²) in [5.74, 6) is 0.123. The number of rotatable bonds is 4. The summed E-state index contributed by atoms with van der Waals surface area (Å²) >= 11 is 0. The van der Waals surface area contributed by atoms with E-state index in [1.54, 1.807) is 12.4 Å². The molecule has 0 spiro atoms. The summed E-state index contributed by atoms with van der Waals surface area (Å²) in [5.41, 5.74) is 0. The van der Waals surface area contributed by atoms with E-state index < -0.39 is 0 Å². The van der Waals surface area contributed by atoms with Gasteiger partial charge < -0.3 is 10.4 Å². The highest BCUT2D eigenvalue weighted by molar-refractivity contribution is 5.75. The number of hydrogen-bond donors (Lipinski definition) is 2. The second kappa shape index (κ2) is 6.49. The predicted octanol–water partition coefficient (Wildman–Crippen LogP) is 0.335. The number of nitrogens with one attached hydrogen (secondary N) is 1. The van der Waals surface area contributed by atoms with Crippen molar-refractivity contribution in [3.8, 4) is 0 Å². The molecule has 2 unspecified atom stereocenters. The Labute approximate surface area is 106 Å². The first-order valence-electron chi connectivity index (χ1n) is 6.54. The first-order valence-corrected chi connectivity index (χ1v) is 6.54. The summed E-state index contributed by atoms with van der Waals surface area (Å²) < 4.78 is 1.50. The van der Waals surface area contributed by atoms with Crippen LogP contribution in [0.25, 0.3) is 0 Å². The Bertz CT molecular complexity index is 366. The van der Waals surface area contributed by atoms with E-state index in [4.69, 9.17) is 0 Å². The fraction of sp³-hybridized carbons (Fsp3) is 0.750. The molecule has 1 aliphatic carbocycles. The molecule has 0 bridgehead atoms. The molecule has 1 saturated carbocycles. The van der Waals surface area contributed by atoms with Crippen molar-refractivity contribution >= 4 is 5.91 Å². The third-order valence-corrected chi connectivity index (χ3v) is 3.52. The third kappa shape index (κ3) is 3.53. The van der Waals surface area contributed by atoms with E-state index in [0.29, 0.717) is 0 Å². The van der Waals surface area contributed by atoms with Crippen molar-refractivity contribution in [1.82, 2.24) is 20.3 Å². The maximum atomic E-state index is 11.9. The molecule has 100 valence electrons. The van der Waals surface area contributed by atoms with Gasteiger partial charge in [0, 0.05) is 24.8 Å². The van der Waals surface area contributed by atoms with Crippen LogP contribution in [-0.4, -0.2) is 38.7 Å². The van der Waals surface area contributed by atoms with Gasteiger partial charge in [0.2, 0.25) is 5.91 Å². The number of aromatic nitrogens is 3. The Hall–Kier alpha value is -1.43. The van der Waals surface area contributed by atoms with Crippen LogP contribution in [0.2, 0.25) is 0 Å². The standard InChI is InChI=1S/C12H20N4O2/c17-9-10-4-2-1-3-5-11(10)14-12(18)8-16-7-6-13-15-16/h6-7,10-11,17H,1-5,8-9H2,(H,14,18). The summed E-state index contributed by atoms with van der Waals surface area (Å²) in [6.07, 6.45) is 8.60. The van der Waals surface area contributed by atoms with Crippen LogP contribution >= 0.6 is 0 Å². The fourth-order valence-corrected chi connectivity index (χ4v) is 2.51. The molecule has 0 aliphatic heterocycles. The van der Waals surface area contributed by atoms with Crippen LogP contribution in [0.15, 0.2) is 12.4 Å². The maximum Gasteiger partial charge on any atom is 0.242 e. The van der Waals surface area contributed by atoms with Gasteiger partial charge in [-0.2, -0.15) is 0 Å². The minimum absolute atomic E-state index is 0.0640. The first kappa shape index (κ1) is 13.0. The van der Waals surface area contributed by atoms with E-state index >= 15 is 0 Å². The van der Waals surface area contributed by atoms with Gasteiger partial charge in [-0.1, -0.05) is 24.5 Å². The molecule has 2 atom stereocenters. The van der Waals surface area contributed by atoms with Gasteiger partial charge in [0.25, 0.3) is 0 Å². The van der Waals surface area contributed by atoms with Crippen LogP contribution in [0.1, 0.15) is 32.1 Å². The van der Waals surface area contributed by atoms with E-state index in [1.165, 1.54) is 11.1 Å². The SMILES string of the molecule is O=C(Cn1ccnn1)NC1CCCCCC1CO. The van der Waals surface area contributed by atoms with Crippen molar-refractivity contribution in [1.29, 1.82) is 0 Å². The van der Waals surface area contributed by atoms with Crippen molar-refractivity contribution in [3.05, 3.63) is 12.4 Å². The lowest BCUT2D eigenvalue weighted by molar-refractivity contribution is -0.123. The number of aliphatic hydroxyl groups is 1. The summed E-state index contributed by atoms with van der Waals surface area (Å²) in [5, 5.41) is 19.8. The van der Waals surface area contributed by atoms with Gasteiger partial charge >= 0.3 is 0 Å². The van der Waals surface area contributed by atoms with E-state index in [9.17, 15) is 9.90 Å². The minimum atomic E-state index is -0.0640. The number of carbonyl (C=O) groups excluding carboxylic acids is 1. The van der Waals surface area contributed by atoms with Crippen molar-refractivity contribution in [3.63, 3.8) is 0 Å². The van der Waals surface area contributed by atoms with Gasteiger partial charge in [-0.15, -0.1) is 5.10 Å². The van der Waals surface area contributed by atoms with Gasteiger partial charge in [0.1, 0.15) is 6.54 Å². The van der Waals surface area contributed by atoms with Crippen LogP contribution < -0.4 is 5.32 Å². The van der Waals surface area contributed by atoms with E-state index in [-0.39, 0.29) is 31.0 Å². The van der Waals surface area contributed by atoms with Crippen molar-refractivity contribution in [2.24, 2.45) is 5.92 Å². The molecule has 0 aromatic carbocycles. The topological polar surface area (TPSA) is 80.0 Å². The zero-order valence-corrected chi connectivity index (χ0v) is 10.5. The van der Waals surface area contributed by atoms with E-state index in [2.05, 4.69) is 15.6 Å². The Morgan fingerprint density at radius 3 is 2.94 bits per heavy atom. The Kier molecular flexibility index (Phi) is 4.69. The highest BCUT2D eigenvalue weighted by atomic mass is 16.3. The van der Waals surface area contributed by atoms with E-state index in [0.717, 1.165) is 25.7 Å². The molecule has 0 radical (unpaired) electrons. The maximum absolute atomic E-state index is 11.9. The summed E-state index contributed by atoms with van der Waals surface area (Å²) in [7, 11) is 0. The number of aliphatic hydroxyl groups excluding tert-OH is 1. The lowest BCUT2D eigenvalue weighted by Crippen LogP contribution is -2.42. The summed E-state index contributed by atoms with van der Waals surface area (Å²) in [6.45, 7) is 0.336. The molecule has 0 saturated heterocycles. The molecule has 1 heterocycles. The molecular weight excluding hydrogens is 232 g/mol. The average Bonchev–Trinajstić information content (AvgIpc) is 2.75. The minimum Gasteiger partial charge on any atom is -0.396 e. The molecule has 1 amide bonds. The van der Waals surface area contributed by atoms with Crippen LogP contribution in [-0.2, 0) is 11.3 Å². The van der Waals surface area contributed by atoms with Crippen LogP contribution in [0.4, 0.5) is 0 Å². The second-order valence-electron chi connectivity index (χ2n) is 4.86. The number of hydrogen-bond acceptors (Lipinski definition) is 4. The van der Waals surface area contributed by atoms with E-state index in [1.807, 2.05) is 0 Å². The van der Waals surface area contributed by atoms with Gasteiger partial charge in [-0.3, -0.25) is 4.79 Å². The summed E-state index contributed by atoms with van der Waals surface area (Å²) in [6, 6.07) is 0.0912. The number of carbonyl (C=O) groups is 1. The van der Waals surface area contributed by atoms with Crippen molar-refractivity contribution in [2.75, 3.05) is 6.61 Å². The normalized spacial score (nSPS) is 24.5. The molecule has 1 aromatic heterocycles. The first-order chi connectivity index (χ1) is 8.79. The predicted molar refractivity (Wildman–Crippen MR) is 65.6 cm³/mol. The molecule has 6 heteroatoms. The molecule has 1 aliphatic rings. The van der Waals surface area contributed by atoms with Gasteiger partial charge in [-0.05, 0) is 12.8 Å². The fourth-order valence-electron chi connectivity index (χ4n) is 2.51. The van der Waals surface area contributed by atoms with Gasteiger partial charge in [0.15, 0.2) is 0 Å². The van der Waals surface area contributed by atoms with Gasteiger partial charge in [-0.25, -0.2) is 4.68 Å². The Balaban J connectivity index is 1.87. The van der Waals surface area contributed by atoms with Crippen molar-refractivity contribution < 1.29 is 9.90 Å². The lowest BCUT2D eigenvalue weighted by atomic mass is 9.95. The molecule has 6 nitrogen and oxygen atoms in total. The molecular formula is C12H20N4O2. The summed E-state index contributed by atoms with van der Waals surface area (Å²) in [4.78, 5) is 11.9. The van der Waals surface area contributed by atoms with Crippen LogP contribution in [0, 0.1) is 5.92 Å². The van der Waals surface area contributed by atoms with Crippen molar-refractivity contribution in [2.45, 2.75) is 44.7 Å². The number of amides is 1. The highest BCUT2D eigenvalue weighted by Gasteiger charge is 2.24. The molecule has 18 heavy (non-hydrogen) atoms. The van der Waals surface area contributed by atoms with Crippen LogP contribution in [0.5, 0.6) is 0 Å². The lowest BCUT2D eigenvalue weighted by Gasteiger charge is -2.24. The zero-order chi connectivity index (χ0) is 12.8. The Morgan fingerprint density at radius 1 is 1.39 bits per heavy atom. The molecule has 1 aromatic rings. The third-order valence-electron chi connectivity index (χ3n) is 3.52. The smallest absolute Gasteiger partial charge is 0.242 e. The number of nitrogens with zero attached hydrogens (tertiary/aromatic N) is 3. The average molecular weight is 252 g/mol. The molecule has 2 rings (SSSR count). The quantitative estimate of drug-likeness (QED) is 0.757.